The quantitative estimate of drug-likeness (QED) is 0.422. The monoisotopic (exact) mass is 264 g/mol. The molecule has 4 N–H and O–H groups in total. The van der Waals surface area contributed by atoms with Crippen LogP contribution >= 0.6 is 0 Å². The zero-order valence-corrected chi connectivity index (χ0v) is 10.5. The highest BCUT2D eigenvalue weighted by Gasteiger charge is 2.26. The molecule has 2 atom stereocenters. The number of nitrogens with zero attached hydrogens (tertiary/aromatic N) is 1. The molecule has 0 aromatic rings. The third kappa shape index (κ3) is 5.80. The second kappa shape index (κ2) is 8.67. The van der Waals surface area contributed by atoms with Gasteiger partial charge in [0.05, 0.1) is 19.3 Å². The predicted molar refractivity (Wildman–Crippen MR) is 62.2 cm³/mol. The highest BCUT2D eigenvalue weighted by molar-refractivity contribution is 5.83. The normalized spacial score (nSPS) is 13.8. The van der Waals surface area contributed by atoms with Crippen molar-refractivity contribution >= 4 is 12.0 Å². The van der Waals surface area contributed by atoms with E-state index in [2.05, 4.69) is 5.32 Å². The van der Waals surface area contributed by atoms with Gasteiger partial charge in [0.25, 0.3) is 0 Å². The predicted octanol–water partition coefficient (Wildman–Crippen LogP) is -1.53. The number of carbonyl (C=O) groups is 2. The summed E-state index contributed by atoms with van der Waals surface area (Å²) in [6, 6.07) is -2.06. The summed E-state index contributed by atoms with van der Waals surface area (Å²) in [5.74, 6) is -1.32. The van der Waals surface area contributed by atoms with Gasteiger partial charge in [0.15, 0.2) is 6.04 Å². The van der Waals surface area contributed by atoms with E-state index < -0.39 is 24.1 Å². The number of aliphatic hydroxyl groups is 2. The van der Waals surface area contributed by atoms with Gasteiger partial charge >= 0.3 is 12.0 Å². The van der Waals surface area contributed by atoms with E-state index in [1.807, 2.05) is 0 Å². The number of nitrogens with one attached hydrogen (secondary N) is 1. The summed E-state index contributed by atoms with van der Waals surface area (Å²) in [7, 11) is 1.46. The molecule has 106 valence electrons. The third-order valence-electron chi connectivity index (χ3n) is 2.25. The summed E-state index contributed by atoms with van der Waals surface area (Å²) in [5, 5.41) is 29.0. The molecule has 0 radical (unpaired) electrons. The van der Waals surface area contributed by atoms with Gasteiger partial charge in [-0.1, -0.05) is 0 Å². The Morgan fingerprint density at radius 1 is 1.39 bits per heavy atom. The van der Waals surface area contributed by atoms with Gasteiger partial charge in [-0.3, -0.25) is 0 Å². The average molecular weight is 264 g/mol. The fourth-order valence-electron chi connectivity index (χ4n) is 1.25. The number of ether oxygens (including phenoxy) is 1. The third-order valence-corrected chi connectivity index (χ3v) is 2.25. The molecule has 0 aliphatic rings. The maximum atomic E-state index is 11.7. The van der Waals surface area contributed by atoms with Crippen LogP contribution in [-0.2, 0) is 9.53 Å². The van der Waals surface area contributed by atoms with Crippen LogP contribution in [0.5, 0.6) is 0 Å². The number of hydrogen-bond donors (Lipinski definition) is 4. The lowest BCUT2D eigenvalue weighted by molar-refractivity contribution is -0.141. The van der Waals surface area contributed by atoms with Crippen LogP contribution in [0, 0.1) is 0 Å². The van der Waals surface area contributed by atoms with Crippen molar-refractivity contribution in [1.82, 2.24) is 10.2 Å². The number of methoxy groups -OCH3 is 1. The van der Waals surface area contributed by atoms with Crippen molar-refractivity contribution in [2.75, 3.05) is 33.4 Å². The number of aliphatic hydroxyl groups excluding tert-OH is 2. The largest absolute Gasteiger partial charge is 0.480 e. The molecule has 0 saturated heterocycles. The Labute approximate surface area is 105 Å². The van der Waals surface area contributed by atoms with Gasteiger partial charge in [-0.15, -0.1) is 0 Å². The molecular formula is C10H20N2O6. The average Bonchev–Trinajstić information content (AvgIpc) is 2.30. The Bertz CT molecular complexity index is 271. The first-order chi connectivity index (χ1) is 8.43. The zero-order valence-electron chi connectivity index (χ0n) is 10.5. The minimum atomic E-state index is -1.39. The van der Waals surface area contributed by atoms with Crippen LogP contribution in [0.25, 0.3) is 0 Å². The van der Waals surface area contributed by atoms with E-state index >= 15 is 0 Å². The van der Waals surface area contributed by atoms with E-state index in [4.69, 9.17) is 14.9 Å². The van der Waals surface area contributed by atoms with Gasteiger partial charge in [-0.2, -0.15) is 0 Å². The second-order valence-corrected chi connectivity index (χ2v) is 3.71. The van der Waals surface area contributed by atoms with Crippen LogP contribution in [-0.4, -0.2) is 77.8 Å². The Morgan fingerprint density at radius 2 is 2.00 bits per heavy atom. The molecule has 8 heteroatoms. The standard InChI is InChI=1S/C10H20N2O6/c1-7(14)8(9(15)16)11-10(17)12(3-5-13)4-6-18-2/h7-8,13-14H,3-6H2,1-2H3,(H,11,17)(H,15,16). The molecule has 0 saturated carbocycles. The molecule has 18 heavy (non-hydrogen) atoms. The Kier molecular flexibility index (Phi) is 8.01. The highest BCUT2D eigenvalue weighted by atomic mass is 16.5. The van der Waals surface area contributed by atoms with E-state index in [1.54, 1.807) is 0 Å². The summed E-state index contributed by atoms with van der Waals surface area (Å²) in [4.78, 5) is 23.7. The Morgan fingerprint density at radius 3 is 2.39 bits per heavy atom. The molecular weight excluding hydrogens is 244 g/mol. The van der Waals surface area contributed by atoms with Crippen LogP contribution in [0.1, 0.15) is 6.92 Å². The number of amides is 2. The molecule has 2 unspecified atom stereocenters. The fourth-order valence-corrected chi connectivity index (χ4v) is 1.25. The van der Waals surface area contributed by atoms with E-state index in [0.717, 1.165) is 0 Å². The highest BCUT2D eigenvalue weighted by Crippen LogP contribution is 1.97. The molecule has 0 aliphatic heterocycles. The van der Waals surface area contributed by atoms with Crippen molar-refractivity contribution in [2.45, 2.75) is 19.1 Å². The first-order valence-corrected chi connectivity index (χ1v) is 5.50. The van der Waals surface area contributed by atoms with Gasteiger partial charge in [0.2, 0.25) is 0 Å². The fraction of sp³-hybridized carbons (Fsp3) is 0.800. The lowest BCUT2D eigenvalue weighted by Crippen LogP contribution is -2.53. The summed E-state index contributed by atoms with van der Waals surface area (Å²) in [5.41, 5.74) is 0. The molecule has 0 heterocycles. The summed E-state index contributed by atoms with van der Waals surface area (Å²) in [6.07, 6.45) is -1.22. The number of hydrogen-bond acceptors (Lipinski definition) is 5. The topological polar surface area (TPSA) is 119 Å². The van der Waals surface area contributed by atoms with Gasteiger partial charge in [-0.25, -0.2) is 9.59 Å². The van der Waals surface area contributed by atoms with Crippen LogP contribution in [0.15, 0.2) is 0 Å². The lowest BCUT2D eigenvalue weighted by atomic mass is 10.2. The molecule has 2 amide bonds. The number of rotatable bonds is 8. The van der Waals surface area contributed by atoms with Crippen LogP contribution in [0.2, 0.25) is 0 Å². The SMILES string of the molecule is COCCN(CCO)C(=O)NC(C(=O)O)C(C)O. The molecule has 0 aromatic carbocycles. The van der Waals surface area contributed by atoms with Crippen molar-refractivity contribution in [2.24, 2.45) is 0 Å². The molecule has 0 fully saturated rings. The van der Waals surface area contributed by atoms with Gasteiger partial charge < -0.3 is 30.3 Å². The Balaban J connectivity index is 4.50. The van der Waals surface area contributed by atoms with E-state index in [1.165, 1.54) is 18.9 Å². The molecule has 0 rings (SSSR count). The number of urea groups is 1. The number of carbonyl (C=O) groups excluding carboxylic acids is 1. The zero-order chi connectivity index (χ0) is 14.1. The van der Waals surface area contributed by atoms with Crippen molar-refractivity contribution in [3.05, 3.63) is 0 Å². The maximum Gasteiger partial charge on any atom is 0.328 e. The second-order valence-electron chi connectivity index (χ2n) is 3.71. The first kappa shape index (κ1) is 16.6. The summed E-state index contributed by atoms with van der Waals surface area (Å²) >= 11 is 0. The maximum absolute atomic E-state index is 11.7. The van der Waals surface area contributed by atoms with Gasteiger partial charge in [-0.05, 0) is 6.92 Å². The van der Waals surface area contributed by atoms with Gasteiger partial charge in [0.1, 0.15) is 0 Å². The number of carboxylic acid groups (broad SMARTS) is 1. The van der Waals surface area contributed by atoms with E-state index in [9.17, 15) is 14.7 Å². The minimum absolute atomic E-state index is 0.0569. The smallest absolute Gasteiger partial charge is 0.328 e. The van der Waals surface area contributed by atoms with Crippen LogP contribution in [0.3, 0.4) is 0 Å². The lowest BCUT2D eigenvalue weighted by Gasteiger charge is -2.25. The number of aliphatic carboxylic acids is 1. The van der Waals surface area contributed by atoms with Crippen molar-refractivity contribution in [3.8, 4) is 0 Å². The molecule has 0 bridgehead atoms. The van der Waals surface area contributed by atoms with Gasteiger partial charge in [0, 0.05) is 20.2 Å². The first-order valence-electron chi connectivity index (χ1n) is 5.50. The summed E-state index contributed by atoms with van der Waals surface area (Å²) < 4.78 is 4.80. The molecule has 0 aliphatic carbocycles. The Hall–Kier alpha value is -1.38. The van der Waals surface area contributed by atoms with Crippen molar-refractivity contribution < 1.29 is 29.6 Å². The van der Waals surface area contributed by atoms with Crippen molar-refractivity contribution in [3.63, 3.8) is 0 Å². The number of carboxylic acids is 1. The molecule has 0 aromatic heterocycles. The van der Waals surface area contributed by atoms with Crippen LogP contribution < -0.4 is 5.32 Å². The van der Waals surface area contributed by atoms with E-state index in [0.29, 0.717) is 0 Å². The molecule has 8 nitrogen and oxygen atoms in total. The van der Waals surface area contributed by atoms with Crippen molar-refractivity contribution in [1.29, 1.82) is 0 Å². The summed E-state index contributed by atoms with van der Waals surface area (Å²) in [6.45, 7) is 1.56. The minimum Gasteiger partial charge on any atom is -0.480 e. The molecule has 0 spiro atoms. The van der Waals surface area contributed by atoms with Crippen LogP contribution in [0.4, 0.5) is 4.79 Å². The van der Waals surface area contributed by atoms with E-state index in [-0.39, 0.29) is 26.3 Å².